The number of nitrogens with one attached hydrogen (secondary N) is 1. The van der Waals surface area contributed by atoms with Crippen molar-refractivity contribution < 1.29 is 26.4 Å². The van der Waals surface area contributed by atoms with Gasteiger partial charge in [-0.15, -0.1) is 0 Å². The van der Waals surface area contributed by atoms with Gasteiger partial charge in [0.15, 0.2) is 0 Å². The Bertz CT molecular complexity index is 1250. The second kappa shape index (κ2) is 9.84. The van der Waals surface area contributed by atoms with Crippen molar-refractivity contribution in [3.05, 3.63) is 94.5 Å². The van der Waals surface area contributed by atoms with E-state index in [0.29, 0.717) is 5.02 Å². The van der Waals surface area contributed by atoms with Gasteiger partial charge >= 0.3 is 6.18 Å². The molecule has 0 unspecified atom stereocenters. The molecule has 0 aliphatic heterocycles. The van der Waals surface area contributed by atoms with Gasteiger partial charge in [0.25, 0.3) is 10.0 Å². The van der Waals surface area contributed by atoms with Crippen LogP contribution in [0.3, 0.4) is 0 Å². The molecule has 3 aromatic carbocycles. The number of hydrogen-bond donors (Lipinski definition) is 1. The third-order valence-electron chi connectivity index (χ3n) is 4.81. The molecule has 0 saturated heterocycles. The van der Waals surface area contributed by atoms with Gasteiger partial charge in [0, 0.05) is 11.6 Å². The second-order valence-corrected chi connectivity index (χ2v) is 9.50. The molecule has 1 amide bonds. The molecule has 0 radical (unpaired) electrons. The van der Waals surface area contributed by atoms with E-state index in [9.17, 15) is 26.4 Å². The van der Waals surface area contributed by atoms with Crippen LogP contribution in [0.4, 0.5) is 18.9 Å². The highest BCUT2D eigenvalue weighted by Gasteiger charge is 2.30. The lowest BCUT2D eigenvalue weighted by atomic mass is 10.1. The molecular formula is C23H20ClF3N2O3S. The van der Waals surface area contributed by atoms with Crippen LogP contribution in [0.15, 0.2) is 77.7 Å². The fraction of sp³-hybridized carbons (Fsp3) is 0.174. The van der Waals surface area contributed by atoms with Crippen molar-refractivity contribution in [1.82, 2.24) is 5.32 Å². The molecule has 0 bridgehead atoms. The highest BCUT2D eigenvalue weighted by Crippen LogP contribution is 2.30. The number of benzene rings is 3. The number of alkyl halides is 3. The van der Waals surface area contributed by atoms with E-state index in [2.05, 4.69) is 5.32 Å². The van der Waals surface area contributed by atoms with Crippen molar-refractivity contribution in [2.75, 3.05) is 10.8 Å². The lowest BCUT2D eigenvalue weighted by Crippen LogP contribution is -2.40. The zero-order valence-electron chi connectivity index (χ0n) is 17.4. The topological polar surface area (TPSA) is 66.5 Å². The quantitative estimate of drug-likeness (QED) is 0.490. The normalized spacial score (nSPS) is 11.8. The van der Waals surface area contributed by atoms with Gasteiger partial charge in [-0.3, -0.25) is 9.10 Å². The summed E-state index contributed by atoms with van der Waals surface area (Å²) >= 11 is 6.17. The molecule has 0 spiro atoms. The van der Waals surface area contributed by atoms with E-state index in [4.69, 9.17) is 11.6 Å². The molecule has 0 atom stereocenters. The number of nitrogens with zero attached hydrogens (tertiary/aromatic N) is 1. The summed E-state index contributed by atoms with van der Waals surface area (Å²) in [6, 6.07) is 16.7. The number of sulfonamides is 1. The Kier molecular flexibility index (Phi) is 7.34. The molecule has 0 saturated carbocycles. The van der Waals surface area contributed by atoms with Gasteiger partial charge in [0.2, 0.25) is 5.91 Å². The van der Waals surface area contributed by atoms with Gasteiger partial charge in [-0.2, -0.15) is 13.2 Å². The Morgan fingerprint density at radius 2 is 1.70 bits per heavy atom. The minimum absolute atomic E-state index is 0.0209. The van der Waals surface area contributed by atoms with Gasteiger partial charge in [-0.05, 0) is 54.4 Å². The summed E-state index contributed by atoms with van der Waals surface area (Å²) in [5, 5.41) is 2.81. The molecule has 0 aliphatic rings. The lowest BCUT2D eigenvalue weighted by molar-refractivity contribution is -0.137. The predicted molar refractivity (Wildman–Crippen MR) is 120 cm³/mol. The van der Waals surface area contributed by atoms with Crippen LogP contribution in [-0.2, 0) is 27.5 Å². The highest BCUT2D eigenvalue weighted by atomic mass is 35.5. The molecule has 33 heavy (non-hydrogen) atoms. The fourth-order valence-electron chi connectivity index (χ4n) is 3.02. The SMILES string of the molecule is Cc1ccc(N(CC(=O)NCc2cccc(C(F)(F)F)c2)S(=O)(=O)c2ccccc2)cc1Cl. The average molecular weight is 497 g/mol. The summed E-state index contributed by atoms with van der Waals surface area (Å²) in [6.45, 7) is 0.968. The maximum absolute atomic E-state index is 13.3. The molecule has 3 rings (SSSR count). The molecule has 0 fully saturated rings. The van der Waals surface area contributed by atoms with Crippen LogP contribution < -0.4 is 9.62 Å². The number of halogens is 4. The molecule has 174 valence electrons. The van der Waals surface area contributed by atoms with E-state index in [1.54, 1.807) is 31.2 Å². The molecule has 1 N–H and O–H groups in total. The first kappa shape index (κ1) is 24.6. The number of amides is 1. The van der Waals surface area contributed by atoms with Crippen LogP contribution >= 0.6 is 11.6 Å². The Hall–Kier alpha value is -3.04. The monoisotopic (exact) mass is 496 g/mol. The van der Waals surface area contributed by atoms with Crippen LogP contribution in [0.2, 0.25) is 5.02 Å². The van der Waals surface area contributed by atoms with E-state index in [1.807, 2.05) is 0 Å². The smallest absolute Gasteiger partial charge is 0.350 e. The van der Waals surface area contributed by atoms with Crippen LogP contribution in [0, 0.1) is 6.92 Å². The molecule has 3 aromatic rings. The minimum Gasteiger partial charge on any atom is -0.350 e. The van der Waals surface area contributed by atoms with E-state index < -0.39 is 34.2 Å². The van der Waals surface area contributed by atoms with Crippen LogP contribution in [0.25, 0.3) is 0 Å². The Morgan fingerprint density at radius 1 is 1.00 bits per heavy atom. The third-order valence-corrected chi connectivity index (χ3v) is 7.00. The van der Waals surface area contributed by atoms with Crippen LogP contribution in [-0.4, -0.2) is 20.9 Å². The summed E-state index contributed by atoms with van der Waals surface area (Å²) in [6.07, 6.45) is -4.51. The lowest BCUT2D eigenvalue weighted by Gasteiger charge is -2.24. The second-order valence-electron chi connectivity index (χ2n) is 7.23. The van der Waals surface area contributed by atoms with Gasteiger partial charge in [0.05, 0.1) is 16.1 Å². The van der Waals surface area contributed by atoms with Crippen molar-refractivity contribution >= 4 is 33.2 Å². The van der Waals surface area contributed by atoms with Crippen LogP contribution in [0.5, 0.6) is 0 Å². The van der Waals surface area contributed by atoms with E-state index in [-0.39, 0.29) is 22.7 Å². The van der Waals surface area contributed by atoms with Crippen molar-refractivity contribution in [3.63, 3.8) is 0 Å². The summed E-state index contributed by atoms with van der Waals surface area (Å²) < 4.78 is 66.2. The molecule has 5 nitrogen and oxygen atoms in total. The van der Waals surface area contributed by atoms with Crippen molar-refractivity contribution in [2.45, 2.75) is 24.5 Å². The first-order valence-corrected chi connectivity index (χ1v) is 11.6. The number of carbonyl (C=O) groups is 1. The van der Waals surface area contributed by atoms with E-state index in [1.165, 1.54) is 36.4 Å². The molecular weight excluding hydrogens is 477 g/mol. The number of carbonyl (C=O) groups excluding carboxylic acids is 1. The standard InChI is InChI=1S/C23H20ClF3N2O3S/c1-16-10-11-19(13-21(16)24)29(33(31,32)20-8-3-2-4-9-20)15-22(30)28-14-17-6-5-7-18(12-17)23(25,26)27/h2-13H,14-15H2,1H3,(H,28,30). The summed E-state index contributed by atoms with van der Waals surface area (Å²) in [5.41, 5.74) is 0.306. The minimum atomic E-state index is -4.51. The zero-order valence-corrected chi connectivity index (χ0v) is 19.0. The number of aryl methyl sites for hydroxylation is 1. The fourth-order valence-corrected chi connectivity index (χ4v) is 4.62. The van der Waals surface area contributed by atoms with Gasteiger partial charge in [0.1, 0.15) is 6.54 Å². The average Bonchev–Trinajstić information content (AvgIpc) is 2.78. The van der Waals surface area contributed by atoms with Crippen molar-refractivity contribution in [2.24, 2.45) is 0 Å². The van der Waals surface area contributed by atoms with E-state index >= 15 is 0 Å². The first-order valence-electron chi connectivity index (χ1n) is 9.75. The van der Waals surface area contributed by atoms with Gasteiger partial charge < -0.3 is 5.32 Å². The summed E-state index contributed by atoms with van der Waals surface area (Å²) in [5.74, 6) is -0.691. The zero-order chi connectivity index (χ0) is 24.2. The largest absolute Gasteiger partial charge is 0.416 e. The Labute approximate surface area is 194 Å². The van der Waals surface area contributed by atoms with Gasteiger partial charge in [-0.1, -0.05) is 48.0 Å². The summed E-state index contributed by atoms with van der Waals surface area (Å²) in [7, 11) is -4.12. The molecule has 0 heterocycles. The molecule has 10 heteroatoms. The highest BCUT2D eigenvalue weighted by molar-refractivity contribution is 7.92. The van der Waals surface area contributed by atoms with Gasteiger partial charge in [-0.25, -0.2) is 8.42 Å². The summed E-state index contributed by atoms with van der Waals surface area (Å²) in [4.78, 5) is 12.6. The van der Waals surface area contributed by atoms with Crippen LogP contribution in [0.1, 0.15) is 16.7 Å². The van der Waals surface area contributed by atoms with E-state index in [0.717, 1.165) is 22.0 Å². The Balaban J connectivity index is 1.84. The first-order chi connectivity index (χ1) is 15.5. The number of hydrogen-bond acceptors (Lipinski definition) is 3. The molecule has 0 aliphatic carbocycles. The maximum Gasteiger partial charge on any atom is 0.416 e. The van der Waals surface area contributed by atoms with Crippen molar-refractivity contribution in [1.29, 1.82) is 0 Å². The third kappa shape index (κ3) is 6.06. The van der Waals surface area contributed by atoms with Crippen molar-refractivity contribution in [3.8, 4) is 0 Å². The Morgan fingerprint density at radius 3 is 2.33 bits per heavy atom. The molecule has 0 aromatic heterocycles. The number of rotatable bonds is 7. The predicted octanol–water partition coefficient (Wildman–Crippen LogP) is 5.18. The number of anilines is 1. The maximum atomic E-state index is 13.3.